The molecule has 9 heteroatoms. The first-order valence-electron chi connectivity index (χ1n) is 8.84. The number of aliphatic hydroxyl groups is 1. The third-order valence-corrected chi connectivity index (χ3v) is 5.29. The van der Waals surface area contributed by atoms with Gasteiger partial charge in [0.2, 0.25) is 6.23 Å². The van der Waals surface area contributed by atoms with Gasteiger partial charge in [0.25, 0.3) is 0 Å². The van der Waals surface area contributed by atoms with E-state index in [4.69, 9.17) is 30.9 Å². The van der Waals surface area contributed by atoms with E-state index in [1.165, 1.54) is 0 Å². The molecule has 2 aromatic carbocycles. The Balaban J connectivity index is 1.56. The molecule has 29 heavy (non-hydrogen) atoms. The summed E-state index contributed by atoms with van der Waals surface area (Å²) >= 11 is 9.77. The van der Waals surface area contributed by atoms with Crippen molar-refractivity contribution in [1.29, 1.82) is 0 Å². The van der Waals surface area contributed by atoms with Crippen molar-refractivity contribution in [3.8, 4) is 11.5 Å². The average molecular weight is 483 g/mol. The first kappa shape index (κ1) is 20.2. The fourth-order valence-electron chi connectivity index (χ4n) is 3.06. The average Bonchev–Trinajstić information content (AvgIpc) is 3.45. The molecular weight excluding hydrogens is 466 g/mol. The molecule has 0 aromatic heterocycles. The summed E-state index contributed by atoms with van der Waals surface area (Å²) in [4.78, 5) is 10.7. The highest BCUT2D eigenvalue weighted by molar-refractivity contribution is 9.10. The van der Waals surface area contributed by atoms with Crippen molar-refractivity contribution in [2.75, 3.05) is 13.2 Å². The molecule has 4 rings (SSSR count). The zero-order valence-electron chi connectivity index (χ0n) is 15.0. The zero-order valence-corrected chi connectivity index (χ0v) is 17.3. The molecule has 3 unspecified atom stereocenters. The molecule has 1 saturated heterocycles. The number of hydrogen-bond acceptors (Lipinski definition) is 6. The molecule has 152 valence electrons. The van der Waals surface area contributed by atoms with Gasteiger partial charge in [-0.3, -0.25) is 5.32 Å². The number of fused-ring (bicyclic) bond motifs is 3. The molecule has 0 amide bonds. The number of benzene rings is 2. The fourth-order valence-corrected chi connectivity index (χ4v) is 3.62. The van der Waals surface area contributed by atoms with Crippen LogP contribution in [0.3, 0.4) is 0 Å². The smallest absolute Gasteiger partial charge is 0.347 e. The molecule has 0 bridgehead atoms. The van der Waals surface area contributed by atoms with Gasteiger partial charge in [-0.15, -0.1) is 0 Å². The Kier molecular flexibility index (Phi) is 5.80. The fraction of sp³-hybridized carbons (Fsp3) is 0.250. The van der Waals surface area contributed by atoms with E-state index < -0.39 is 12.2 Å². The van der Waals surface area contributed by atoms with Gasteiger partial charge >= 0.3 is 5.97 Å². The van der Waals surface area contributed by atoms with Gasteiger partial charge in [-0.05, 0) is 30.3 Å². The standard InChI is InChI=1S/C20H17BrClNO6/c21-10-4-5-11(14(8-10)27-7-6-23-19(24)20(25)26)15-9-16-18(29-16)12-2-1-3-13(22)17(12)28-15/h1-5,8-9,16,18-19,23-24H,6-7H2,(H,25,26). The topological polar surface area (TPSA) is 101 Å². The van der Waals surface area contributed by atoms with E-state index in [2.05, 4.69) is 21.2 Å². The summed E-state index contributed by atoms with van der Waals surface area (Å²) in [7, 11) is 0. The molecule has 0 saturated carbocycles. The van der Waals surface area contributed by atoms with E-state index in [9.17, 15) is 9.90 Å². The number of carboxylic acids is 1. The van der Waals surface area contributed by atoms with Gasteiger partial charge in [0.1, 0.15) is 30.3 Å². The van der Waals surface area contributed by atoms with E-state index in [0.29, 0.717) is 27.8 Å². The van der Waals surface area contributed by atoms with Crippen LogP contribution in [0.15, 0.2) is 46.9 Å². The molecule has 3 atom stereocenters. The van der Waals surface area contributed by atoms with Gasteiger partial charge in [0.05, 0.1) is 10.6 Å². The van der Waals surface area contributed by atoms with Crippen molar-refractivity contribution in [2.45, 2.75) is 18.4 Å². The molecule has 3 N–H and O–H groups in total. The highest BCUT2D eigenvalue weighted by Gasteiger charge is 2.43. The van der Waals surface area contributed by atoms with E-state index in [-0.39, 0.29) is 25.4 Å². The van der Waals surface area contributed by atoms with Crippen LogP contribution in [0.4, 0.5) is 0 Å². The number of epoxide rings is 1. The third kappa shape index (κ3) is 4.41. The number of nitrogens with one attached hydrogen (secondary N) is 1. The van der Waals surface area contributed by atoms with Crippen molar-refractivity contribution in [3.63, 3.8) is 0 Å². The minimum Gasteiger partial charge on any atom is -0.491 e. The summed E-state index contributed by atoms with van der Waals surface area (Å²) in [6, 6.07) is 11.1. The quantitative estimate of drug-likeness (QED) is 0.316. The zero-order chi connectivity index (χ0) is 20.5. The van der Waals surface area contributed by atoms with E-state index in [1.807, 2.05) is 30.3 Å². The van der Waals surface area contributed by atoms with Crippen molar-refractivity contribution in [3.05, 3.63) is 63.1 Å². The largest absolute Gasteiger partial charge is 0.491 e. The lowest BCUT2D eigenvalue weighted by atomic mass is 10.1. The van der Waals surface area contributed by atoms with Crippen LogP contribution in [0.5, 0.6) is 11.5 Å². The first-order valence-corrected chi connectivity index (χ1v) is 10.0. The molecule has 2 heterocycles. The van der Waals surface area contributed by atoms with Gasteiger partial charge < -0.3 is 24.4 Å². The summed E-state index contributed by atoms with van der Waals surface area (Å²) in [6.45, 7) is 0.281. The number of ether oxygens (including phenoxy) is 3. The number of halogens is 2. The Bertz CT molecular complexity index is 981. The van der Waals surface area contributed by atoms with Crippen LogP contribution in [-0.4, -0.2) is 41.7 Å². The lowest BCUT2D eigenvalue weighted by Crippen LogP contribution is -2.38. The molecular formula is C20H17BrClNO6. The SMILES string of the molecule is O=C(O)C(O)NCCOc1cc(Br)ccc1C1=CC2OC2c2cccc(Cl)c2O1. The van der Waals surface area contributed by atoms with Crippen LogP contribution in [0.2, 0.25) is 5.02 Å². The predicted molar refractivity (Wildman–Crippen MR) is 109 cm³/mol. The number of hydrogen-bond donors (Lipinski definition) is 3. The molecule has 0 aliphatic carbocycles. The van der Waals surface area contributed by atoms with Crippen LogP contribution in [-0.2, 0) is 9.53 Å². The lowest BCUT2D eigenvalue weighted by Gasteiger charge is -2.17. The second-order valence-electron chi connectivity index (χ2n) is 6.50. The Morgan fingerprint density at radius 2 is 2.17 bits per heavy atom. The maximum atomic E-state index is 10.7. The van der Waals surface area contributed by atoms with E-state index in [1.54, 1.807) is 12.1 Å². The van der Waals surface area contributed by atoms with Gasteiger partial charge in [-0.25, -0.2) is 4.79 Å². The van der Waals surface area contributed by atoms with Crippen LogP contribution in [0, 0.1) is 0 Å². The van der Waals surface area contributed by atoms with Gasteiger partial charge in [-0.2, -0.15) is 0 Å². The second kappa shape index (κ2) is 8.33. The molecule has 0 spiro atoms. The highest BCUT2D eigenvalue weighted by Crippen LogP contribution is 2.50. The molecule has 2 aliphatic rings. The van der Waals surface area contributed by atoms with Crippen LogP contribution < -0.4 is 14.8 Å². The summed E-state index contributed by atoms with van der Waals surface area (Å²) in [5.74, 6) is 0.306. The van der Waals surface area contributed by atoms with Crippen molar-refractivity contribution < 1.29 is 29.2 Å². The number of para-hydroxylation sites is 1. The number of aliphatic carboxylic acids is 1. The van der Waals surface area contributed by atoms with Crippen molar-refractivity contribution >= 4 is 39.3 Å². The first-order chi connectivity index (χ1) is 13.9. The van der Waals surface area contributed by atoms with Gasteiger partial charge in [-0.1, -0.05) is 39.7 Å². The van der Waals surface area contributed by atoms with Crippen LogP contribution >= 0.6 is 27.5 Å². The highest BCUT2D eigenvalue weighted by atomic mass is 79.9. The minimum absolute atomic E-state index is 0.0808. The maximum Gasteiger partial charge on any atom is 0.347 e. The van der Waals surface area contributed by atoms with Gasteiger partial charge in [0.15, 0.2) is 5.75 Å². The number of aliphatic hydroxyl groups excluding tert-OH is 1. The van der Waals surface area contributed by atoms with Crippen molar-refractivity contribution in [2.24, 2.45) is 0 Å². The molecule has 2 aliphatic heterocycles. The minimum atomic E-state index is -1.64. The van der Waals surface area contributed by atoms with Crippen LogP contribution in [0.25, 0.3) is 5.76 Å². The monoisotopic (exact) mass is 481 g/mol. The van der Waals surface area contributed by atoms with Crippen molar-refractivity contribution in [1.82, 2.24) is 5.32 Å². The predicted octanol–water partition coefficient (Wildman–Crippen LogP) is 3.35. The van der Waals surface area contributed by atoms with Crippen LogP contribution in [0.1, 0.15) is 17.2 Å². The third-order valence-electron chi connectivity index (χ3n) is 4.50. The molecule has 7 nitrogen and oxygen atoms in total. The normalized spacial score (nSPS) is 20.4. The summed E-state index contributed by atoms with van der Waals surface area (Å²) in [5, 5.41) is 20.9. The Morgan fingerprint density at radius 3 is 2.97 bits per heavy atom. The number of carboxylic acid groups (broad SMARTS) is 1. The summed E-state index contributed by atoms with van der Waals surface area (Å²) in [6.07, 6.45) is 0.0659. The molecule has 1 fully saturated rings. The number of carbonyl (C=O) groups is 1. The molecule has 2 aromatic rings. The maximum absolute atomic E-state index is 10.7. The van der Waals surface area contributed by atoms with Gasteiger partial charge in [0, 0.05) is 16.6 Å². The number of rotatable bonds is 7. The summed E-state index contributed by atoms with van der Waals surface area (Å²) in [5.41, 5.74) is 1.61. The Labute approximate surface area is 180 Å². The summed E-state index contributed by atoms with van der Waals surface area (Å²) < 4.78 is 18.5. The lowest BCUT2D eigenvalue weighted by molar-refractivity contribution is -0.148. The van der Waals surface area contributed by atoms with E-state index >= 15 is 0 Å². The Hall–Kier alpha value is -2.10. The second-order valence-corrected chi connectivity index (χ2v) is 7.82. The van der Waals surface area contributed by atoms with E-state index in [0.717, 1.165) is 10.0 Å². The Morgan fingerprint density at radius 1 is 1.34 bits per heavy atom. The molecule has 0 radical (unpaired) electrons.